The molecule has 11 nitrogen and oxygen atoms in total. The number of anilines is 2. The van der Waals surface area contributed by atoms with Gasteiger partial charge in [-0.3, -0.25) is 4.55 Å². The van der Waals surface area contributed by atoms with Gasteiger partial charge in [0.2, 0.25) is 10.0 Å². The van der Waals surface area contributed by atoms with E-state index in [1.165, 1.54) is 12.1 Å². The number of hydrogen-bond donors (Lipinski definition) is 2. The van der Waals surface area contributed by atoms with Crippen molar-refractivity contribution in [3.8, 4) is 11.5 Å². The van der Waals surface area contributed by atoms with Crippen molar-refractivity contribution in [2.45, 2.75) is 56.4 Å². The lowest BCUT2D eigenvalue weighted by molar-refractivity contribution is 0.450. The molecule has 3 aromatic carbocycles. The molecule has 0 fully saturated rings. The Hall–Kier alpha value is -3.91. The fourth-order valence-corrected chi connectivity index (χ4v) is 7.94. The average Bonchev–Trinajstić information content (AvgIpc) is 3.56. The summed E-state index contributed by atoms with van der Waals surface area (Å²) in [5.41, 5.74) is 3.58. The monoisotopic (exact) mass is 667 g/mol. The van der Waals surface area contributed by atoms with Crippen LogP contribution in [-0.2, 0) is 26.7 Å². The van der Waals surface area contributed by atoms with Crippen LogP contribution in [0.2, 0.25) is 0 Å². The number of nitrogens with one attached hydrogen (secondary N) is 1. The van der Waals surface area contributed by atoms with Crippen molar-refractivity contribution in [1.82, 2.24) is 14.3 Å². The first-order valence-corrected chi connectivity index (χ1v) is 18.4. The summed E-state index contributed by atoms with van der Waals surface area (Å²) in [6.07, 6.45) is 5.57. The summed E-state index contributed by atoms with van der Waals surface area (Å²) in [5, 5.41) is 0. The number of sulfonamides is 1. The molecule has 5 rings (SSSR count). The van der Waals surface area contributed by atoms with Crippen LogP contribution >= 0.6 is 0 Å². The lowest BCUT2D eigenvalue weighted by atomic mass is 9.82. The molecule has 2 N–H and O–H groups in total. The molecule has 1 aliphatic heterocycles. The van der Waals surface area contributed by atoms with Crippen molar-refractivity contribution in [2.75, 3.05) is 42.5 Å². The minimum absolute atomic E-state index is 0.133. The number of aromatic nitrogens is 2. The van der Waals surface area contributed by atoms with Crippen LogP contribution in [0.15, 0.2) is 83.1 Å². The number of fused-ring (bicyclic) bond motifs is 2. The quantitative estimate of drug-likeness (QED) is 0.117. The van der Waals surface area contributed by atoms with Crippen LogP contribution in [0, 0.1) is 0 Å². The molecule has 0 saturated heterocycles. The van der Waals surface area contributed by atoms with Crippen LogP contribution in [0.4, 0.5) is 11.4 Å². The van der Waals surface area contributed by atoms with Crippen molar-refractivity contribution in [1.29, 1.82) is 0 Å². The smallest absolute Gasteiger partial charge is 0.294 e. The third kappa shape index (κ3) is 6.92. The molecule has 46 heavy (non-hydrogen) atoms. The van der Waals surface area contributed by atoms with E-state index in [9.17, 15) is 21.4 Å². The van der Waals surface area contributed by atoms with Gasteiger partial charge in [0.1, 0.15) is 11.5 Å². The lowest BCUT2D eigenvalue weighted by Crippen LogP contribution is -2.26. The van der Waals surface area contributed by atoms with Crippen LogP contribution in [0.1, 0.15) is 56.7 Å². The molecule has 0 aliphatic carbocycles. The summed E-state index contributed by atoms with van der Waals surface area (Å²) in [6, 6.07) is 15.5. The summed E-state index contributed by atoms with van der Waals surface area (Å²) in [5.74, 6) is 0.472. The molecule has 0 amide bonds. The summed E-state index contributed by atoms with van der Waals surface area (Å²) in [7, 11) is -8.93. The van der Waals surface area contributed by atoms with Crippen molar-refractivity contribution in [2.24, 2.45) is 0 Å². The second-order valence-corrected chi connectivity index (χ2v) is 14.2. The first kappa shape index (κ1) is 33.5. The Morgan fingerprint density at radius 3 is 1.89 bits per heavy atom. The third-order valence-corrected chi connectivity index (χ3v) is 10.8. The van der Waals surface area contributed by atoms with Crippen molar-refractivity contribution >= 4 is 31.5 Å². The molecular formula is C33H41N5O6S2. The number of aryl methyl sites for hydroxylation is 1. The number of benzene rings is 3. The molecule has 0 unspecified atom stereocenters. The highest BCUT2D eigenvalue weighted by Gasteiger charge is 2.34. The highest BCUT2D eigenvalue weighted by atomic mass is 32.2. The van der Waals surface area contributed by atoms with Gasteiger partial charge in [-0.05, 0) is 63.9 Å². The maximum absolute atomic E-state index is 13.2. The normalized spacial score (nSPS) is 13.2. The van der Waals surface area contributed by atoms with Gasteiger partial charge in [0.25, 0.3) is 10.1 Å². The van der Waals surface area contributed by atoms with E-state index >= 15 is 0 Å². The number of ether oxygens (including phenoxy) is 1. The lowest BCUT2D eigenvalue weighted by Gasteiger charge is -2.32. The fourth-order valence-electron chi connectivity index (χ4n) is 6.01. The van der Waals surface area contributed by atoms with Crippen molar-refractivity contribution in [3.05, 3.63) is 90.0 Å². The Morgan fingerprint density at radius 2 is 1.39 bits per heavy atom. The van der Waals surface area contributed by atoms with Gasteiger partial charge in [-0.2, -0.15) is 8.42 Å². The maximum atomic E-state index is 13.2. The Morgan fingerprint density at radius 1 is 0.826 bits per heavy atom. The summed E-state index contributed by atoms with van der Waals surface area (Å²) >= 11 is 0. The van der Waals surface area contributed by atoms with E-state index in [0.29, 0.717) is 35.6 Å². The van der Waals surface area contributed by atoms with Gasteiger partial charge in [-0.15, -0.1) is 0 Å². The van der Waals surface area contributed by atoms with Gasteiger partial charge in [0.05, 0.1) is 16.1 Å². The predicted octanol–water partition coefficient (Wildman–Crippen LogP) is 5.48. The zero-order valence-corrected chi connectivity index (χ0v) is 28.2. The molecule has 246 valence electrons. The van der Waals surface area contributed by atoms with Gasteiger partial charge in [0.15, 0.2) is 0 Å². The molecule has 0 radical (unpaired) electrons. The molecule has 0 saturated carbocycles. The number of nitrogens with zero attached hydrogens (tertiary/aromatic N) is 4. The van der Waals surface area contributed by atoms with E-state index in [1.807, 2.05) is 41.0 Å². The summed E-state index contributed by atoms with van der Waals surface area (Å²) in [4.78, 5) is 7.62. The van der Waals surface area contributed by atoms with E-state index < -0.39 is 31.0 Å². The standard InChI is InChI=1S/C33H41N5O6S2/c1-5-37(6-2)24-10-13-27-30(20-24)44-31-21-25(38(7-3)8-4)11-14-28(31)33(27)29-15-12-26(22-32(29)46(41,42)43)45(39,40)35-16-9-18-36-19-17-34-23-36/h10-15,17,19-23,33,35H,5-9,16,18H2,1-4H3,(H,41,42,43). The van der Waals surface area contributed by atoms with Crippen molar-refractivity contribution < 1.29 is 26.1 Å². The minimum atomic E-state index is -4.84. The van der Waals surface area contributed by atoms with Crippen LogP contribution in [0.25, 0.3) is 0 Å². The second kappa shape index (κ2) is 13.8. The van der Waals surface area contributed by atoms with Crippen LogP contribution in [0.5, 0.6) is 11.5 Å². The fraction of sp³-hybridized carbons (Fsp3) is 0.364. The maximum Gasteiger partial charge on any atom is 0.294 e. The molecule has 0 bridgehead atoms. The molecule has 4 aromatic rings. The highest BCUT2D eigenvalue weighted by Crippen LogP contribution is 2.50. The average molecular weight is 668 g/mol. The molecule has 0 spiro atoms. The van der Waals surface area contributed by atoms with Gasteiger partial charge in [-0.25, -0.2) is 18.1 Å². The van der Waals surface area contributed by atoms with Gasteiger partial charge in [-0.1, -0.05) is 18.2 Å². The molecule has 1 aliphatic rings. The topological polar surface area (TPSA) is 134 Å². The van der Waals surface area contributed by atoms with Crippen molar-refractivity contribution in [3.63, 3.8) is 0 Å². The zero-order valence-electron chi connectivity index (χ0n) is 26.5. The van der Waals surface area contributed by atoms with Gasteiger partial charge < -0.3 is 19.1 Å². The Labute approximate surface area is 271 Å². The molecule has 0 atom stereocenters. The largest absolute Gasteiger partial charge is 0.457 e. The first-order valence-electron chi connectivity index (χ1n) is 15.5. The second-order valence-electron chi connectivity index (χ2n) is 11.1. The van der Waals surface area contributed by atoms with E-state index in [1.54, 1.807) is 18.7 Å². The summed E-state index contributed by atoms with van der Waals surface area (Å²) in [6.45, 7) is 12.1. The highest BCUT2D eigenvalue weighted by molar-refractivity contribution is 7.89. The Balaban J connectivity index is 1.59. The van der Waals surface area contributed by atoms with Gasteiger partial charge in [0, 0.05) is 92.2 Å². The SMILES string of the molecule is CCN(CC)c1ccc2c(c1)Oc1cc(N(CC)CC)ccc1C2c1ccc(S(=O)(=O)NCCCn2ccnc2)cc1S(=O)(=O)O. The van der Waals surface area contributed by atoms with Crippen LogP contribution in [0.3, 0.4) is 0 Å². The van der Waals surface area contributed by atoms with Crippen LogP contribution in [-0.4, -0.2) is 63.7 Å². The predicted molar refractivity (Wildman–Crippen MR) is 179 cm³/mol. The first-order chi connectivity index (χ1) is 22.0. The number of rotatable bonds is 14. The molecule has 1 aromatic heterocycles. The minimum Gasteiger partial charge on any atom is -0.457 e. The van der Waals surface area contributed by atoms with E-state index in [0.717, 1.165) is 43.6 Å². The van der Waals surface area contributed by atoms with E-state index in [4.69, 9.17) is 4.74 Å². The van der Waals surface area contributed by atoms with Crippen LogP contribution < -0.4 is 19.3 Å². The third-order valence-electron chi connectivity index (χ3n) is 8.42. The summed E-state index contributed by atoms with van der Waals surface area (Å²) < 4.78 is 73.7. The Bertz CT molecular complexity index is 1830. The number of hydrogen-bond acceptors (Lipinski definition) is 8. The molecule has 13 heteroatoms. The van der Waals surface area contributed by atoms with Gasteiger partial charge >= 0.3 is 0 Å². The molecule has 2 heterocycles. The van der Waals surface area contributed by atoms with E-state index in [-0.39, 0.29) is 17.0 Å². The van der Waals surface area contributed by atoms with E-state index in [2.05, 4.69) is 47.2 Å². The Kier molecular flexibility index (Phi) is 10.1. The molecular weight excluding hydrogens is 627 g/mol. The zero-order chi connectivity index (χ0) is 33.1. The number of imidazole rings is 1.